The Morgan fingerprint density at radius 1 is 0.727 bits per heavy atom. The fraction of sp³-hybridized carbons (Fsp3) is 0.0833. The molecule has 0 N–H and O–H groups in total. The molecule has 0 aliphatic carbocycles. The number of rotatable bonds is 7. The van der Waals surface area contributed by atoms with Crippen LogP contribution in [0.4, 0.5) is 0 Å². The zero-order valence-corrected chi connectivity index (χ0v) is 18.7. The SMILES string of the molecule is O=C(OCc1nnn(-c2ccccc2)c1COC(=O)c1ccccc1Cl)c1ccccc1Cl. The smallest absolute Gasteiger partial charge is 0.340 e. The normalized spacial score (nSPS) is 10.6. The van der Waals surface area contributed by atoms with Crippen molar-refractivity contribution in [3.8, 4) is 5.69 Å². The molecule has 166 valence electrons. The van der Waals surface area contributed by atoms with Crippen LogP contribution in [-0.4, -0.2) is 26.9 Å². The number of esters is 2. The van der Waals surface area contributed by atoms with Crippen LogP contribution in [0.15, 0.2) is 78.9 Å². The van der Waals surface area contributed by atoms with E-state index in [1.807, 2.05) is 30.3 Å². The molecule has 0 fully saturated rings. The van der Waals surface area contributed by atoms with Crippen molar-refractivity contribution in [2.45, 2.75) is 13.2 Å². The minimum Gasteiger partial charge on any atom is -0.455 e. The minimum atomic E-state index is -0.603. The van der Waals surface area contributed by atoms with Crippen LogP contribution in [0.3, 0.4) is 0 Å². The lowest BCUT2D eigenvalue weighted by Gasteiger charge is -2.10. The first-order valence-electron chi connectivity index (χ1n) is 9.87. The summed E-state index contributed by atoms with van der Waals surface area (Å²) in [6.07, 6.45) is 0. The van der Waals surface area contributed by atoms with Crippen molar-refractivity contribution < 1.29 is 19.1 Å². The van der Waals surface area contributed by atoms with Crippen LogP contribution in [0.1, 0.15) is 32.1 Å². The summed E-state index contributed by atoms with van der Waals surface area (Å²) in [4.78, 5) is 25.0. The second-order valence-corrected chi connectivity index (χ2v) is 7.66. The third-order valence-corrected chi connectivity index (χ3v) is 5.37. The Morgan fingerprint density at radius 3 is 1.82 bits per heavy atom. The summed E-state index contributed by atoms with van der Waals surface area (Å²) < 4.78 is 12.4. The molecule has 0 aliphatic heterocycles. The van der Waals surface area contributed by atoms with Gasteiger partial charge < -0.3 is 9.47 Å². The van der Waals surface area contributed by atoms with E-state index in [0.29, 0.717) is 17.1 Å². The van der Waals surface area contributed by atoms with Crippen molar-refractivity contribution >= 4 is 35.1 Å². The van der Waals surface area contributed by atoms with Crippen molar-refractivity contribution in [2.24, 2.45) is 0 Å². The molecule has 0 saturated carbocycles. The monoisotopic (exact) mass is 481 g/mol. The van der Waals surface area contributed by atoms with Gasteiger partial charge >= 0.3 is 11.9 Å². The Morgan fingerprint density at radius 2 is 1.24 bits per heavy atom. The molecular weight excluding hydrogens is 465 g/mol. The molecule has 1 aromatic heterocycles. The molecule has 3 aromatic carbocycles. The van der Waals surface area contributed by atoms with E-state index < -0.39 is 11.9 Å². The molecule has 7 nitrogen and oxygen atoms in total. The Balaban J connectivity index is 1.56. The van der Waals surface area contributed by atoms with Crippen LogP contribution in [0, 0.1) is 0 Å². The summed E-state index contributed by atoms with van der Waals surface area (Å²) in [5, 5.41) is 8.85. The average molecular weight is 482 g/mol. The van der Waals surface area contributed by atoms with Crippen molar-refractivity contribution in [1.82, 2.24) is 15.0 Å². The van der Waals surface area contributed by atoms with Gasteiger partial charge in [0, 0.05) is 0 Å². The molecule has 4 aromatic rings. The summed E-state index contributed by atoms with van der Waals surface area (Å²) >= 11 is 12.2. The number of para-hydroxylation sites is 1. The van der Waals surface area contributed by atoms with Crippen molar-refractivity contribution in [1.29, 1.82) is 0 Å². The third-order valence-electron chi connectivity index (χ3n) is 4.71. The number of hydrogen-bond acceptors (Lipinski definition) is 6. The van der Waals surface area contributed by atoms with Gasteiger partial charge in [-0.15, -0.1) is 5.10 Å². The van der Waals surface area contributed by atoms with E-state index in [9.17, 15) is 9.59 Å². The van der Waals surface area contributed by atoms with E-state index in [-0.39, 0.29) is 34.4 Å². The Bertz CT molecular complexity index is 1290. The van der Waals surface area contributed by atoms with Gasteiger partial charge in [-0.2, -0.15) is 0 Å². The highest BCUT2D eigenvalue weighted by Crippen LogP contribution is 2.20. The molecule has 4 rings (SSSR count). The summed E-state index contributed by atoms with van der Waals surface area (Å²) in [5.74, 6) is -1.20. The second-order valence-electron chi connectivity index (χ2n) is 6.84. The van der Waals surface area contributed by atoms with Crippen molar-refractivity contribution in [3.05, 3.63) is 111 Å². The highest BCUT2D eigenvalue weighted by Gasteiger charge is 2.20. The molecule has 0 unspecified atom stereocenters. The fourth-order valence-corrected chi connectivity index (χ4v) is 3.47. The maximum Gasteiger partial charge on any atom is 0.340 e. The first kappa shape index (κ1) is 22.5. The van der Waals surface area contributed by atoms with Crippen LogP contribution in [0.2, 0.25) is 10.0 Å². The van der Waals surface area contributed by atoms with E-state index >= 15 is 0 Å². The van der Waals surface area contributed by atoms with Gasteiger partial charge in [0.15, 0.2) is 0 Å². The Labute approximate surface area is 199 Å². The number of aromatic nitrogens is 3. The lowest BCUT2D eigenvalue weighted by atomic mass is 10.2. The number of carbonyl (C=O) groups excluding carboxylic acids is 2. The number of ether oxygens (including phenoxy) is 2. The van der Waals surface area contributed by atoms with Crippen LogP contribution < -0.4 is 0 Å². The standard InChI is InChI=1S/C24H17Cl2N3O4/c25-19-12-6-4-10-17(19)23(30)32-14-21-22(29(28-27-21)16-8-2-1-3-9-16)15-33-24(31)18-11-5-7-13-20(18)26/h1-13H,14-15H2. The number of nitrogens with zero attached hydrogens (tertiary/aromatic N) is 3. The zero-order chi connectivity index (χ0) is 23.2. The van der Waals surface area contributed by atoms with Crippen LogP contribution in [0.5, 0.6) is 0 Å². The van der Waals surface area contributed by atoms with Gasteiger partial charge in [0.05, 0.1) is 26.9 Å². The zero-order valence-electron chi connectivity index (χ0n) is 17.2. The Kier molecular flexibility index (Phi) is 7.02. The number of halogens is 2. The molecule has 0 spiro atoms. The number of carbonyl (C=O) groups is 2. The lowest BCUT2D eigenvalue weighted by molar-refractivity contribution is 0.0428. The molecular formula is C24H17Cl2N3O4. The summed E-state index contributed by atoms with van der Waals surface area (Å²) in [7, 11) is 0. The van der Waals surface area contributed by atoms with Gasteiger partial charge in [-0.1, -0.05) is 70.9 Å². The molecule has 9 heteroatoms. The maximum absolute atomic E-state index is 12.6. The quantitative estimate of drug-likeness (QED) is 0.333. The predicted octanol–water partition coefficient (Wildman–Crippen LogP) is 5.29. The Hall–Kier alpha value is -3.68. The van der Waals surface area contributed by atoms with Crippen LogP contribution in [-0.2, 0) is 22.7 Å². The van der Waals surface area contributed by atoms with E-state index in [1.165, 1.54) is 4.68 Å². The first-order valence-corrected chi connectivity index (χ1v) is 10.6. The van der Waals surface area contributed by atoms with Crippen molar-refractivity contribution in [2.75, 3.05) is 0 Å². The molecule has 0 atom stereocenters. The second kappa shape index (κ2) is 10.3. The van der Waals surface area contributed by atoms with Gasteiger partial charge in [-0.25, -0.2) is 14.3 Å². The predicted molar refractivity (Wildman–Crippen MR) is 123 cm³/mol. The van der Waals surface area contributed by atoms with Gasteiger partial charge in [0.2, 0.25) is 0 Å². The molecule has 33 heavy (non-hydrogen) atoms. The highest BCUT2D eigenvalue weighted by molar-refractivity contribution is 6.33. The van der Waals surface area contributed by atoms with Gasteiger partial charge in [0.25, 0.3) is 0 Å². The van der Waals surface area contributed by atoms with Gasteiger partial charge in [-0.05, 0) is 36.4 Å². The van der Waals surface area contributed by atoms with Crippen molar-refractivity contribution in [3.63, 3.8) is 0 Å². The van der Waals surface area contributed by atoms with E-state index in [2.05, 4.69) is 10.3 Å². The summed E-state index contributed by atoms with van der Waals surface area (Å²) in [6, 6.07) is 22.4. The van der Waals surface area contributed by atoms with E-state index in [0.717, 1.165) is 0 Å². The minimum absolute atomic E-state index is 0.162. The molecule has 0 bridgehead atoms. The van der Waals surface area contributed by atoms with E-state index in [1.54, 1.807) is 48.5 Å². The first-order chi connectivity index (χ1) is 16.0. The van der Waals surface area contributed by atoms with Crippen LogP contribution in [0.25, 0.3) is 5.69 Å². The molecule has 0 aliphatic rings. The lowest BCUT2D eigenvalue weighted by Crippen LogP contribution is -2.12. The average Bonchev–Trinajstić information content (AvgIpc) is 3.25. The fourth-order valence-electron chi connectivity index (χ4n) is 3.04. The van der Waals surface area contributed by atoms with Gasteiger partial charge in [0.1, 0.15) is 24.6 Å². The molecule has 0 saturated heterocycles. The molecule has 0 amide bonds. The van der Waals surface area contributed by atoms with E-state index in [4.69, 9.17) is 32.7 Å². The third kappa shape index (κ3) is 5.22. The van der Waals surface area contributed by atoms with Gasteiger partial charge in [-0.3, -0.25) is 0 Å². The van der Waals surface area contributed by atoms with Crippen LogP contribution >= 0.6 is 23.2 Å². The molecule has 1 heterocycles. The summed E-state index contributed by atoms with van der Waals surface area (Å²) in [5.41, 5.74) is 1.98. The number of hydrogen-bond donors (Lipinski definition) is 0. The highest BCUT2D eigenvalue weighted by atomic mass is 35.5. The molecule has 0 radical (unpaired) electrons. The maximum atomic E-state index is 12.6. The summed E-state index contributed by atoms with van der Waals surface area (Å²) in [6.45, 7) is -0.346. The topological polar surface area (TPSA) is 83.3 Å². The largest absolute Gasteiger partial charge is 0.455 e. The number of benzene rings is 3.